The topological polar surface area (TPSA) is 42.5 Å². The van der Waals surface area contributed by atoms with Gasteiger partial charge in [0.25, 0.3) is 0 Å². The van der Waals surface area contributed by atoms with Crippen molar-refractivity contribution in [3.05, 3.63) is 22.2 Å². The van der Waals surface area contributed by atoms with Gasteiger partial charge in [-0.15, -0.1) is 0 Å². The molecule has 0 unspecified atom stereocenters. The third kappa shape index (κ3) is 5.69. The molecule has 0 spiro atoms. The zero-order chi connectivity index (χ0) is 15.0. The van der Waals surface area contributed by atoms with Gasteiger partial charge in [-0.05, 0) is 58.1 Å². The molecule has 0 fully saturated rings. The smallest absolute Gasteiger partial charge is 0.162 e. The third-order valence-corrected chi connectivity index (χ3v) is 3.53. The Labute approximate surface area is 130 Å². The van der Waals surface area contributed by atoms with Crippen LogP contribution in [0.15, 0.2) is 16.6 Å². The number of rotatable bonds is 9. The molecule has 0 aliphatic heterocycles. The Morgan fingerprint density at radius 1 is 1.20 bits per heavy atom. The van der Waals surface area contributed by atoms with Gasteiger partial charge in [-0.25, -0.2) is 0 Å². The van der Waals surface area contributed by atoms with E-state index < -0.39 is 0 Å². The van der Waals surface area contributed by atoms with Crippen molar-refractivity contribution in [1.29, 1.82) is 0 Å². The predicted octanol–water partition coefficient (Wildman–Crippen LogP) is 2.94. The number of hydrogen-bond acceptors (Lipinski definition) is 4. The Kier molecular flexibility index (Phi) is 7.95. The van der Waals surface area contributed by atoms with Crippen molar-refractivity contribution in [3.8, 4) is 11.5 Å². The number of benzene rings is 1. The second-order valence-electron chi connectivity index (χ2n) is 4.89. The van der Waals surface area contributed by atoms with E-state index in [4.69, 9.17) is 9.47 Å². The lowest BCUT2D eigenvalue weighted by Gasteiger charge is -2.16. The molecule has 1 aromatic rings. The van der Waals surface area contributed by atoms with Crippen LogP contribution >= 0.6 is 15.9 Å². The average Bonchev–Trinajstić information content (AvgIpc) is 2.40. The molecule has 2 N–H and O–H groups in total. The van der Waals surface area contributed by atoms with Crippen LogP contribution in [0, 0.1) is 0 Å². The van der Waals surface area contributed by atoms with E-state index in [1.807, 2.05) is 33.0 Å². The van der Waals surface area contributed by atoms with Gasteiger partial charge in [0, 0.05) is 11.0 Å². The SMILES string of the molecule is CNCCCNCc1cc(OC)c(OC(C)C)cc1Br. The van der Waals surface area contributed by atoms with Crippen LogP contribution in [-0.4, -0.2) is 33.4 Å². The summed E-state index contributed by atoms with van der Waals surface area (Å²) < 4.78 is 12.2. The van der Waals surface area contributed by atoms with Gasteiger partial charge in [0.2, 0.25) is 0 Å². The summed E-state index contributed by atoms with van der Waals surface area (Å²) in [5.74, 6) is 1.54. The van der Waals surface area contributed by atoms with Gasteiger partial charge in [-0.3, -0.25) is 0 Å². The fourth-order valence-electron chi connectivity index (χ4n) is 1.83. The number of methoxy groups -OCH3 is 1. The van der Waals surface area contributed by atoms with E-state index in [1.165, 1.54) is 5.56 Å². The molecule has 0 aliphatic carbocycles. The van der Waals surface area contributed by atoms with E-state index in [1.54, 1.807) is 7.11 Å². The summed E-state index contributed by atoms with van der Waals surface area (Å²) in [6, 6.07) is 4.00. The lowest BCUT2D eigenvalue weighted by Crippen LogP contribution is -2.19. The van der Waals surface area contributed by atoms with Crippen LogP contribution in [0.25, 0.3) is 0 Å². The van der Waals surface area contributed by atoms with Gasteiger partial charge in [0.05, 0.1) is 13.2 Å². The molecular formula is C15H25BrN2O2. The van der Waals surface area contributed by atoms with Crippen LogP contribution in [0.3, 0.4) is 0 Å². The highest BCUT2D eigenvalue weighted by molar-refractivity contribution is 9.10. The molecule has 1 aromatic carbocycles. The summed E-state index contributed by atoms with van der Waals surface area (Å²) in [6.07, 6.45) is 1.24. The third-order valence-electron chi connectivity index (χ3n) is 2.79. The zero-order valence-electron chi connectivity index (χ0n) is 12.8. The summed E-state index contributed by atoms with van der Waals surface area (Å²) >= 11 is 3.60. The Morgan fingerprint density at radius 3 is 2.55 bits per heavy atom. The minimum Gasteiger partial charge on any atom is -0.493 e. The molecule has 20 heavy (non-hydrogen) atoms. The summed E-state index contributed by atoms with van der Waals surface area (Å²) in [5.41, 5.74) is 1.17. The Balaban J connectivity index is 2.67. The minimum absolute atomic E-state index is 0.126. The van der Waals surface area contributed by atoms with Crippen LogP contribution in [0.4, 0.5) is 0 Å². The molecular weight excluding hydrogens is 320 g/mol. The van der Waals surface area contributed by atoms with Crippen molar-refractivity contribution in [3.63, 3.8) is 0 Å². The normalized spacial score (nSPS) is 10.9. The zero-order valence-corrected chi connectivity index (χ0v) is 14.3. The highest BCUT2D eigenvalue weighted by Crippen LogP contribution is 2.34. The molecule has 0 saturated carbocycles. The number of halogens is 1. The molecule has 0 radical (unpaired) electrons. The maximum absolute atomic E-state index is 5.75. The van der Waals surface area contributed by atoms with Crippen molar-refractivity contribution < 1.29 is 9.47 Å². The van der Waals surface area contributed by atoms with Crippen LogP contribution in [0.5, 0.6) is 11.5 Å². The van der Waals surface area contributed by atoms with Crippen molar-refractivity contribution in [2.24, 2.45) is 0 Å². The highest BCUT2D eigenvalue weighted by Gasteiger charge is 2.11. The van der Waals surface area contributed by atoms with E-state index in [0.29, 0.717) is 0 Å². The lowest BCUT2D eigenvalue weighted by molar-refractivity contribution is 0.230. The van der Waals surface area contributed by atoms with Crippen LogP contribution in [0.2, 0.25) is 0 Å². The first-order valence-corrected chi connectivity index (χ1v) is 7.76. The molecule has 0 heterocycles. The van der Waals surface area contributed by atoms with Gasteiger partial charge in [-0.2, -0.15) is 0 Å². The van der Waals surface area contributed by atoms with Crippen molar-refractivity contribution in [2.45, 2.75) is 32.9 Å². The quantitative estimate of drug-likeness (QED) is 0.676. The van der Waals surface area contributed by atoms with E-state index in [0.717, 1.165) is 42.0 Å². The maximum Gasteiger partial charge on any atom is 0.162 e. The standard InChI is InChI=1S/C15H25BrN2O2/c1-11(2)20-15-9-13(16)12(8-14(15)19-4)10-18-7-5-6-17-3/h8-9,11,17-18H,5-7,10H2,1-4H3. The van der Waals surface area contributed by atoms with Crippen LogP contribution < -0.4 is 20.1 Å². The largest absolute Gasteiger partial charge is 0.493 e. The van der Waals surface area contributed by atoms with Gasteiger partial charge in [0.1, 0.15) is 0 Å². The van der Waals surface area contributed by atoms with Gasteiger partial charge in [-0.1, -0.05) is 15.9 Å². The van der Waals surface area contributed by atoms with Gasteiger partial charge in [0.15, 0.2) is 11.5 Å². The summed E-state index contributed by atoms with van der Waals surface area (Å²) in [5, 5.41) is 6.56. The highest BCUT2D eigenvalue weighted by atomic mass is 79.9. The second-order valence-corrected chi connectivity index (χ2v) is 5.75. The molecule has 5 heteroatoms. The molecule has 0 amide bonds. The van der Waals surface area contributed by atoms with Crippen molar-refractivity contribution in [2.75, 3.05) is 27.2 Å². The maximum atomic E-state index is 5.75. The molecule has 0 atom stereocenters. The van der Waals surface area contributed by atoms with E-state index in [-0.39, 0.29) is 6.10 Å². The molecule has 0 bridgehead atoms. The first-order valence-electron chi connectivity index (χ1n) is 6.96. The summed E-state index contributed by atoms with van der Waals surface area (Å²) in [6.45, 7) is 6.83. The molecule has 0 saturated heterocycles. The monoisotopic (exact) mass is 344 g/mol. The first-order chi connectivity index (χ1) is 9.58. The van der Waals surface area contributed by atoms with E-state index in [9.17, 15) is 0 Å². The van der Waals surface area contributed by atoms with Crippen LogP contribution in [0.1, 0.15) is 25.8 Å². The Morgan fingerprint density at radius 2 is 1.95 bits per heavy atom. The number of ether oxygens (including phenoxy) is 2. The van der Waals surface area contributed by atoms with Crippen LogP contribution in [-0.2, 0) is 6.54 Å². The minimum atomic E-state index is 0.126. The van der Waals surface area contributed by atoms with Gasteiger partial charge < -0.3 is 20.1 Å². The molecule has 114 valence electrons. The molecule has 1 rings (SSSR count). The first kappa shape index (κ1) is 17.3. The van der Waals surface area contributed by atoms with Crippen molar-refractivity contribution in [1.82, 2.24) is 10.6 Å². The Hall–Kier alpha value is -0.780. The van der Waals surface area contributed by atoms with E-state index >= 15 is 0 Å². The summed E-state index contributed by atoms with van der Waals surface area (Å²) in [4.78, 5) is 0. The number of nitrogens with one attached hydrogen (secondary N) is 2. The summed E-state index contributed by atoms with van der Waals surface area (Å²) in [7, 11) is 3.63. The Bertz CT molecular complexity index is 411. The van der Waals surface area contributed by atoms with Crippen molar-refractivity contribution >= 4 is 15.9 Å². The molecule has 0 aromatic heterocycles. The average molecular weight is 345 g/mol. The number of hydrogen-bond donors (Lipinski definition) is 2. The molecule has 0 aliphatic rings. The fraction of sp³-hybridized carbons (Fsp3) is 0.600. The lowest BCUT2D eigenvalue weighted by atomic mass is 10.2. The fourth-order valence-corrected chi connectivity index (χ4v) is 2.29. The van der Waals surface area contributed by atoms with Gasteiger partial charge >= 0.3 is 0 Å². The predicted molar refractivity (Wildman–Crippen MR) is 86.7 cm³/mol. The second kappa shape index (κ2) is 9.21. The molecule has 4 nitrogen and oxygen atoms in total. The van der Waals surface area contributed by atoms with E-state index in [2.05, 4.69) is 26.6 Å².